The van der Waals surface area contributed by atoms with Crippen LogP contribution in [0.1, 0.15) is 0 Å². The van der Waals surface area contributed by atoms with E-state index in [4.69, 9.17) is 14.7 Å². The van der Waals surface area contributed by atoms with Crippen LogP contribution < -0.4 is 4.74 Å². The van der Waals surface area contributed by atoms with Crippen molar-refractivity contribution in [2.24, 2.45) is 0 Å². The highest BCUT2D eigenvalue weighted by atomic mass is 16.5. The van der Waals surface area contributed by atoms with E-state index in [0.29, 0.717) is 0 Å². The Hall–Kier alpha value is -7.56. The molecule has 0 saturated heterocycles. The van der Waals surface area contributed by atoms with Gasteiger partial charge in [0.25, 0.3) is 0 Å². The Morgan fingerprint density at radius 1 is 0.393 bits per heavy atom. The molecule has 0 fully saturated rings. The lowest BCUT2D eigenvalue weighted by Gasteiger charge is -2.25. The van der Waals surface area contributed by atoms with Crippen LogP contribution in [0.25, 0.3) is 105 Å². The van der Waals surface area contributed by atoms with Gasteiger partial charge in [0.05, 0.1) is 39.1 Å². The highest BCUT2D eigenvalue weighted by molar-refractivity contribution is 6.16. The van der Waals surface area contributed by atoms with Crippen LogP contribution in [-0.2, 0) is 0 Å². The molecular weight excluding hydrogens is 683 g/mol. The van der Waals surface area contributed by atoms with Crippen LogP contribution in [0, 0.1) is 0 Å². The lowest BCUT2D eigenvalue weighted by molar-refractivity contribution is 0.487. The monoisotopic (exact) mass is 713 g/mol. The number of hydrogen-bond donors (Lipinski definition) is 0. The maximum atomic E-state index is 6.87. The number of fused-ring (bicyclic) bond motifs is 7. The van der Waals surface area contributed by atoms with Gasteiger partial charge in [-0.1, -0.05) is 127 Å². The zero-order chi connectivity index (χ0) is 36.7. The molecule has 0 spiro atoms. The normalized spacial score (nSPS) is 12.1. The minimum absolute atomic E-state index is 0.832. The van der Waals surface area contributed by atoms with E-state index in [1.165, 1.54) is 27.1 Å². The Morgan fingerprint density at radius 3 is 1.95 bits per heavy atom. The number of para-hydroxylation sites is 3. The number of rotatable bonds is 4. The standard InChI is InChI=1S/C52H31N3O/c1-2-13-32(14-3-1)33-17-10-18-36(29-33)51-52(54-43-23-8-7-22-42(43)53-51)39-27-28-48-49-38(39)20-11-21-40(49)50-45(25-12-26-47(50)56-48)55-44-24-9-6-19-37(44)41-30-34-15-4-5-16-35(34)31-46(41)55/h1-31H. The van der Waals surface area contributed by atoms with Crippen molar-refractivity contribution in [3.8, 4) is 62.0 Å². The van der Waals surface area contributed by atoms with Crippen LogP contribution in [0.2, 0.25) is 0 Å². The third kappa shape index (κ3) is 4.60. The van der Waals surface area contributed by atoms with Crippen molar-refractivity contribution in [2.45, 2.75) is 0 Å². The molecule has 0 aliphatic carbocycles. The van der Waals surface area contributed by atoms with Gasteiger partial charge in [-0.2, -0.15) is 0 Å². The van der Waals surface area contributed by atoms with Gasteiger partial charge in [0.15, 0.2) is 0 Å². The molecule has 3 heterocycles. The van der Waals surface area contributed by atoms with Crippen LogP contribution in [-0.4, -0.2) is 14.5 Å². The molecule has 1 aliphatic heterocycles. The molecule has 4 heteroatoms. The zero-order valence-corrected chi connectivity index (χ0v) is 30.1. The van der Waals surface area contributed by atoms with Crippen LogP contribution in [0.15, 0.2) is 188 Å². The van der Waals surface area contributed by atoms with E-state index in [1.54, 1.807) is 0 Å². The summed E-state index contributed by atoms with van der Waals surface area (Å²) in [6, 6.07) is 66.5. The lowest BCUT2D eigenvalue weighted by atomic mass is 9.89. The van der Waals surface area contributed by atoms with Crippen LogP contribution >= 0.6 is 0 Å². The fourth-order valence-corrected chi connectivity index (χ4v) is 8.83. The SMILES string of the molecule is c1ccc(-c2cccc(-c3nc4ccccc4nc3-c3ccc4c5c(cccc35)-c3c(cccc3-n3c5ccccc5c5cc6ccccc6cc53)O4)c2)cc1. The van der Waals surface area contributed by atoms with Crippen LogP contribution in [0.4, 0.5) is 0 Å². The molecule has 1 aliphatic rings. The molecular formula is C52H31N3O. The summed E-state index contributed by atoms with van der Waals surface area (Å²) in [4.78, 5) is 10.7. The fourth-order valence-electron chi connectivity index (χ4n) is 8.83. The molecule has 0 atom stereocenters. The summed E-state index contributed by atoms with van der Waals surface area (Å²) < 4.78 is 9.29. The molecule has 0 bridgehead atoms. The van der Waals surface area contributed by atoms with E-state index >= 15 is 0 Å². The number of benzene rings is 9. The van der Waals surface area contributed by atoms with Gasteiger partial charge in [0, 0.05) is 32.8 Å². The minimum atomic E-state index is 0.832. The molecule has 9 aromatic carbocycles. The summed E-state index contributed by atoms with van der Waals surface area (Å²) in [6.45, 7) is 0. The first-order chi connectivity index (χ1) is 27.8. The van der Waals surface area contributed by atoms with Gasteiger partial charge in [0.2, 0.25) is 0 Å². The molecule has 260 valence electrons. The molecule has 56 heavy (non-hydrogen) atoms. The average molecular weight is 714 g/mol. The van der Waals surface area contributed by atoms with Crippen molar-refractivity contribution in [3.63, 3.8) is 0 Å². The summed E-state index contributed by atoms with van der Waals surface area (Å²) in [5, 5.41) is 7.03. The van der Waals surface area contributed by atoms with E-state index in [2.05, 4.69) is 162 Å². The maximum absolute atomic E-state index is 6.87. The topological polar surface area (TPSA) is 39.9 Å². The Kier molecular flexibility index (Phi) is 6.60. The lowest BCUT2D eigenvalue weighted by Crippen LogP contribution is -2.04. The minimum Gasteiger partial charge on any atom is -0.456 e. The molecule has 2 aromatic heterocycles. The van der Waals surface area contributed by atoms with Gasteiger partial charge in [-0.05, 0) is 93.5 Å². The summed E-state index contributed by atoms with van der Waals surface area (Å²) in [5.41, 5.74) is 13.3. The predicted molar refractivity (Wildman–Crippen MR) is 231 cm³/mol. The molecule has 12 rings (SSSR count). The van der Waals surface area contributed by atoms with Crippen molar-refractivity contribution in [1.82, 2.24) is 14.5 Å². The quantitative estimate of drug-likeness (QED) is 0.182. The summed E-state index contributed by atoms with van der Waals surface area (Å²) in [5.74, 6) is 1.67. The summed E-state index contributed by atoms with van der Waals surface area (Å²) in [6.07, 6.45) is 0. The first kappa shape index (κ1) is 30.9. The van der Waals surface area contributed by atoms with E-state index in [-0.39, 0.29) is 0 Å². The number of hydrogen-bond acceptors (Lipinski definition) is 3. The maximum Gasteiger partial charge on any atom is 0.137 e. The number of nitrogens with zero attached hydrogens (tertiary/aromatic N) is 3. The summed E-state index contributed by atoms with van der Waals surface area (Å²) in [7, 11) is 0. The van der Waals surface area contributed by atoms with E-state index in [1.807, 2.05) is 30.3 Å². The number of aromatic nitrogens is 3. The summed E-state index contributed by atoms with van der Waals surface area (Å²) >= 11 is 0. The van der Waals surface area contributed by atoms with Gasteiger partial charge >= 0.3 is 0 Å². The van der Waals surface area contributed by atoms with Crippen molar-refractivity contribution in [3.05, 3.63) is 188 Å². The molecule has 0 unspecified atom stereocenters. The zero-order valence-electron chi connectivity index (χ0n) is 30.1. The Morgan fingerprint density at radius 2 is 1.07 bits per heavy atom. The van der Waals surface area contributed by atoms with E-state index in [9.17, 15) is 0 Å². The molecule has 0 radical (unpaired) electrons. The van der Waals surface area contributed by atoms with Gasteiger partial charge in [-0.3, -0.25) is 0 Å². The predicted octanol–water partition coefficient (Wildman–Crippen LogP) is 13.8. The van der Waals surface area contributed by atoms with Gasteiger partial charge < -0.3 is 9.30 Å². The molecule has 4 nitrogen and oxygen atoms in total. The van der Waals surface area contributed by atoms with Gasteiger partial charge in [0.1, 0.15) is 11.5 Å². The Bertz CT molecular complexity index is 3400. The smallest absolute Gasteiger partial charge is 0.137 e. The van der Waals surface area contributed by atoms with Crippen molar-refractivity contribution in [1.29, 1.82) is 0 Å². The third-order valence-corrected chi connectivity index (χ3v) is 11.3. The Balaban J connectivity index is 1.11. The molecule has 0 amide bonds. The average Bonchev–Trinajstić information content (AvgIpc) is 3.58. The first-order valence-electron chi connectivity index (χ1n) is 19.0. The molecule has 0 saturated carbocycles. The second-order valence-electron chi connectivity index (χ2n) is 14.5. The highest BCUT2D eigenvalue weighted by Crippen LogP contribution is 2.52. The third-order valence-electron chi connectivity index (χ3n) is 11.3. The molecule has 0 N–H and O–H groups in total. The van der Waals surface area contributed by atoms with Gasteiger partial charge in [-0.25, -0.2) is 9.97 Å². The van der Waals surface area contributed by atoms with E-state index < -0.39 is 0 Å². The van der Waals surface area contributed by atoms with Crippen LogP contribution in [0.5, 0.6) is 11.5 Å². The number of ether oxygens (including phenoxy) is 1. The van der Waals surface area contributed by atoms with Crippen molar-refractivity contribution in [2.75, 3.05) is 0 Å². The first-order valence-corrected chi connectivity index (χ1v) is 19.0. The largest absolute Gasteiger partial charge is 0.456 e. The molecule has 11 aromatic rings. The Labute approximate surface area is 322 Å². The van der Waals surface area contributed by atoms with Crippen LogP contribution in [0.3, 0.4) is 0 Å². The van der Waals surface area contributed by atoms with Gasteiger partial charge in [-0.15, -0.1) is 0 Å². The van der Waals surface area contributed by atoms with Crippen molar-refractivity contribution >= 4 is 54.4 Å². The second kappa shape index (κ2) is 12.0. The highest BCUT2D eigenvalue weighted by Gasteiger charge is 2.27. The van der Waals surface area contributed by atoms with E-state index in [0.717, 1.165) is 89.3 Å². The van der Waals surface area contributed by atoms with Crippen molar-refractivity contribution < 1.29 is 4.74 Å². The second-order valence-corrected chi connectivity index (χ2v) is 14.5. The fraction of sp³-hybridized carbons (Fsp3) is 0.